The molecule has 13 heavy (non-hydrogen) atoms. The minimum atomic E-state index is 0.620. The summed E-state index contributed by atoms with van der Waals surface area (Å²) in [5, 5.41) is 0.834. The van der Waals surface area contributed by atoms with Crippen LogP contribution in [-0.4, -0.2) is 9.97 Å². The van der Waals surface area contributed by atoms with Gasteiger partial charge in [0.15, 0.2) is 0 Å². The third-order valence-corrected chi connectivity index (χ3v) is 2.47. The number of nitrogens with zero attached hydrogens (tertiary/aromatic N) is 2. The van der Waals surface area contributed by atoms with Gasteiger partial charge in [-0.2, -0.15) is 0 Å². The van der Waals surface area contributed by atoms with E-state index in [1.807, 2.05) is 13.1 Å². The summed E-state index contributed by atoms with van der Waals surface area (Å²) in [6, 6.07) is 0. The van der Waals surface area contributed by atoms with Gasteiger partial charge >= 0.3 is 0 Å². The molecule has 0 N–H and O–H groups in total. The lowest BCUT2D eigenvalue weighted by Crippen LogP contribution is -2.03. The molecule has 0 aliphatic rings. The third kappa shape index (κ3) is 3.07. The summed E-state index contributed by atoms with van der Waals surface area (Å²) >= 11 is 3.40. The van der Waals surface area contributed by atoms with Crippen LogP contribution >= 0.6 is 15.9 Å². The molecule has 1 aromatic rings. The second-order valence-electron chi connectivity index (χ2n) is 3.63. The summed E-state index contributed by atoms with van der Waals surface area (Å²) in [6.07, 6.45) is 2.87. The first-order valence-corrected chi connectivity index (χ1v) is 5.63. The van der Waals surface area contributed by atoms with Crippen LogP contribution in [0.15, 0.2) is 6.20 Å². The molecule has 0 fully saturated rings. The number of hydrogen-bond donors (Lipinski definition) is 0. The predicted molar refractivity (Wildman–Crippen MR) is 57.9 cm³/mol. The smallest absolute Gasteiger partial charge is 0.128 e. The molecule has 0 amide bonds. The molecule has 1 heterocycles. The molecule has 1 aromatic heterocycles. The maximum atomic E-state index is 4.44. The Morgan fingerprint density at radius 2 is 2.15 bits per heavy atom. The summed E-state index contributed by atoms with van der Waals surface area (Å²) in [4.78, 5) is 8.75. The minimum Gasteiger partial charge on any atom is -0.241 e. The molecule has 0 atom stereocenters. The number of alkyl halides is 1. The van der Waals surface area contributed by atoms with E-state index in [4.69, 9.17) is 0 Å². The van der Waals surface area contributed by atoms with Gasteiger partial charge in [-0.05, 0) is 12.8 Å². The van der Waals surface area contributed by atoms with Crippen molar-refractivity contribution in [2.24, 2.45) is 5.92 Å². The van der Waals surface area contributed by atoms with Crippen molar-refractivity contribution in [1.29, 1.82) is 0 Å². The van der Waals surface area contributed by atoms with Gasteiger partial charge in [0, 0.05) is 29.2 Å². The van der Waals surface area contributed by atoms with Crippen molar-refractivity contribution >= 4 is 15.9 Å². The maximum Gasteiger partial charge on any atom is 0.128 e. The van der Waals surface area contributed by atoms with E-state index in [0.717, 1.165) is 23.3 Å². The summed E-state index contributed by atoms with van der Waals surface area (Å²) in [7, 11) is 0. The van der Waals surface area contributed by atoms with Gasteiger partial charge < -0.3 is 0 Å². The van der Waals surface area contributed by atoms with Crippen LogP contribution in [0.4, 0.5) is 0 Å². The molecule has 0 spiro atoms. The lowest BCUT2D eigenvalue weighted by molar-refractivity contribution is 0.618. The zero-order valence-corrected chi connectivity index (χ0v) is 9.93. The summed E-state index contributed by atoms with van der Waals surface area (Å²) in [6.45, 7) is 6.39. The highest BCUT2D eigenvalue weighted by atomic mass is 79.9. The Balaban J connectivity index is 2.83. The second-order valence-corrected chi connectivity index (χ2v) is 4.19. The van der Waals surface area contributed by atoms with E-state index in [0.29, 0.717) is 5.92 Å². The van der Waals surface area contributed by atoms with Gasteiger partial charge in [0.1, 0.15) is 5.82 Å². The van der Waals surface area contributed by atoms with Crippen LogP contribution in [-0.2, 0) is 11.8 Å². The predicted octanol–water partition coefficient (Wildman–Crippen LogP) is 2.88. The van der Waals surface area contributed by atoms with Crippen LogP contribution in [0.2, 0.25) is 0 Å². The standard InChI is InChI=1S/C10H15BrN2/c1-7(2)4-10-12-6-9(5-11)8(3)13-10/h6-7H,4-5H2,1-3H3. The van der Waals surface area contributed by atoms with Crippen molar-refractivity contribution in [3.8, 4) is 0 Å². The SMILES string of the molecule is Cc1nc(CC(C)C)ncc1CBr. The molecule has 72 valence electrons. The van der Waals surface area contributed by atoms with Gasteiger partial charge in [0.05, 0.1) is 0 Å². The van der Waals surface area contributed by atoms with Crippen LogP contribution in [0.25, 0.3) is 0 Å². The molecule has 0 saturated carbocycles. The average molecular weight is 243 g/mol. The fraction of sp³-hybridized carbons (Fsp3) is 0.600. The van der Waals surface area contributed by atoms with Crippen molar-refractivity contribution in [2.45, 2.75) is 32.5 Å². The van der Waals surface area contributed by atoms with Crippen molar-refractivity contribution in [3.05, 3.63) is 23.3 Å². The first-order valence-electron chi connectivity index (χ1n) is 4.51. The molecule has 0 aromatic carbocycles. The van der Waals surface area contributed by atoms with Gasteiger partial charge in [0.2, 0.25) is 0 Å². The van der Waals surface area contributed by atoms with Crippen molar-refractivity contribution in [3.63, 3.8) is 0 Å². The Hall–Kier alpha value is -0.440. The molecular formula is C10H15BrN2. The first-order chi connectivity index (χ1) is 6.13. The van der Waals surface area contributed by atoms with Crippen LogP contribution in [0.1, 0.15) is 30.9 Å². The van der Waals surface area contributed by atoms with Crippen LogP contribution in [0, 0.1) is 12.8 Å². The van der Waals surface area contributed by atoms with E-state index in [-0.39, 0.29) is 0 Å². The molecule has 0 aliphatic carbocycles. The lowest BCUT2D eigenvalue weighted by atomic mass is 10.1. The van der Waals surface area contributed by atoms with Gasteiger partial charge in [-0.15, -0.1) is 0 Å². The Labute approximate surface area is 87.9 Å². The largest absolute Gasteiger partial charge is 0.241 e. The molecule has 0 unspecified atom stereocenters. The molecule has 3 heteroatoms. The van der Waals surface area contributed by atoms with Gasteiger partial charge in [-0.3, -0.25) is 0 Å². The molecule has 0 saturated heterocycles. The highest BCUT2D eigenvalue weighted by molar-refractivity contribution is 9.08. The Kier molecular flexibility index (Phi) is 3.85. The fourth-order valence-electron chi connectivity index (χ4n) is 1.13. The van der Waals surface area contributed by atoms with Gasteiger partial charge in [0.25, 0.3) is 0 Å². The summed E-state index contributed by atoms with van der Waals surface area (Å²) < 4.78 is 0. The number of rotatable bonds is 3. The number of hydrogen-bond acceptors (Lipinski definition) is 2. The first kappa shape index (κ1) is 10.6. The highest BCUT2D eigenvalue weighted by Gasteiger charge is 2.03. The van der Waals surface area contributed by atoms with E-state index in [1.54, 1.807) is 0 Å². The Morgan fingerprint density at radius 1 is 1.46 bits per heavy atom. The van der Waals surface area contributed by atoms with E-state index < -0.39 is 0 Å². The summed E-state index contributed by atoms with van der Waals surface area (Å²) in [5.74, 6) is 1.58. The van der Waals surface area contributed by atoms with E-state index in [1.165, 1.54) is 5.56 Å². The van der Waals surface area contributed by atoms with Crippen LogP contribution < -0.4 is 0 Å². The Bertz CT molecular complexity index is 284. The topological polar surface area (TPSA) is 25.8 Å². The minimum absolute atomic E-state index is 0.620. The Morgan fingerprint density at radius 3 is 2.62 bits per heavy atom. The lowest BCUT2D eigenvalue weighted by Gasteiger charge is -2.06. The van der Waals surface area contributed by atoms with Crippen LogP contribution in [0.3, 0.4) is 0 Å². The third-order valence-electron chi connectivity index (χ3n) is 1.87. The normalized spacial score (nSPS) is 10.8. The highest BCUT2D eigenvalue weighted by Crippen LogP contribution is 2.10. The van der Waals surface area contributed by atoms with Crippen molar-refractivity contribution in [1.82, 2.24) is 9.97 Å². The van der Waals surface area contributed by atoms with Crippen LogP contribution in [0.5, 0.6) is 0 Å². The van der Waals surface area contributed by atoms with E-state index in [2.05, 4.69) is 39.7 Å². The number of aryl methyl sites for hydroxylation is 1. The van der Waals surface area contributed by atoms with Crippen molar-refractivity contribution in [2.75, 3.05) is 0 Å². The van der Waals surface area contributed by atoms with Gasteiger partial charge in [-0.1, -0.05) is 29.8 Å². The molecule has 0 bridgehead atoms. The zero-order valence-electron chi connectivity index (χ0n) is 8.34. The quantitative estimate of drug-likeness (QED) is 0.763. The second kappa shape index (κ2) is 4.70. The maximum absolute atomic E-state index is 4.44. The number of halogens is 1. The summed E-state index contributed by atoms with van der Waals surface area (Å²) in [5.41, 5.74) is 2.26. The van der Waals surface area contributed by atoms with Crippen molar-refractivity contribution < 1.29 is 0 Å². The molecule has 0 radical (unpaired) electrons. The molecule has 0 aliphatic heterocycles. The monoisotopic (exact) mass is 242 g/mol. The zero-order chi connectivity index (χ0) is 9.84. The molecular weight excluding hydrogens is 228 g/mol. The van der Waals surface area contributed by atoms with E-state index >= 15 is 0 Å². The van der Waals surface area contributed by atoms with Gasteiger partial charge in [-0.25, -0.2) is 9.97 Å². The molecule has 1 rings (SSSR count). The molecule has 2 nitrogen and oxygen atoms in total. The fourth-order valence-corrected chi connectivity index (χ4v) is 1.69. The number of aromatic nitrogens is 2. The average Bonchev–Trinajstić information content (AvgIpc) is 2.03. The van der Waals surface area contributed by atoms with E-state index in [9.17, 15) is 0 Å².